The highest BCUT2D eigenvalue weighted by atomic mass is 32.2. The molecule has 2 aromatic carbocycles. The van der Waals surface area contributed by atoms with Crippen LogP contribution in [-0.2, 0) is 16.6 Å². The second kappa shape index (κ2) is 8.07. The average Bonchev–Trinajstić information content (AvgIpc) is 3.31. The molecule has 0 amide bonds. The molecule has 2 aliphatic rings. The number of sulfonamides is 1. The number of ether oxygens (including phenoxy) is 4. The van der Waals surface area contributed by atoms with E-state index in [0.29, 0.717) is 49.3 Å². The van der Waals surface area contributed by atoms with Gasteiger partial charge in [-0.15, -0.1) is 0 Å². The van der Waals surface area contributed by atoms with Gasteiger partial charge in [-0.1, -0.05) is 6.07 Å². The van der Waals surface area contributed by atoms with Crippen LogP contribution in [0.15, 0.2) is 59.6 Å². The van der Waals surface area contributed by atoms with E-state index in [0.717, 1.165) is 11.3 Å². The smallest absolute Gasteiger partial charge is 0.244 e. The van der Waals surface area contributed by atoms with Gasteiger partial charge in [-0.2, -0.15) is 4.31 Å². The molecule has 3 heterocycles. The minimum Gasteiger partial charge on any atom is -0.493 e. The van der Waals surface area contributed by atoms with E-state index in [1.807, 2.05) is 30.5 Å². The van der Waals surface area contributed by atoms with Crippen molar-refractivity contribution in [2.45, 2.75) is 17.5 Å². The second-order valence-electron chi connectivity index (χ2n) is 7.56. The molecule has 0 saturated carbocycles. The summed E-state index contributed by atoms with van der Waals surface area (Å²) in [6, 6.07) is 13.6. The summed E-state index contributed by atoms with van der Waals surface area (Å²) in [7, 11) is -0.701. The second-order valence-corrected chi connectivity index (χ2v) is 9.46. The fraction of sp³-hybridized carbons (Fsp3) is 0.304. The van der Waals surface area contributed by atoms with Gasteiger partial charge < -0.3 is 23.5 Å². The maximum absolute atomic E-state index is 13.8. The van der Waals surface area contributed by atoms with Crippen molar-refractivity contribution < 1.29 is 27.4 Å². The lowest BCUT2D eigenvalue weighted by Crippen LogP contribution is -2.42. The molecule has 0 radical (unpaired) electrons. The van der Waals surface area contributed by atoms with Crippen LogP contribution in [0.4, 0.5) is 0 Å². The number of rotatable bonds is 5. The van der Waals surface area contributed by atoms with Crippen LogP contribution in [0.2, 0.25) is 0 Å². The highest BCUT2D eigenvalue weighted by Gasteiger charge is 2.38. The van der Waals surface area contributed by atoms with Crippen LogP contribution < -0.4 is 18.9 Å². The Kier molecular flexibility index (Phi) is 5.22. The van der Waals surface area contributed by atoms with Gasteiger partial charge in [0.25, 0.3) is 0 Å². The van der Waals surface area contributed by atoms with Crippen LogP contribution in [-0.4, -0.2) is 51.3 Å². The van der Waals surface area contributed by atoms with Gasteiger partial charge in [0.05, 0.1) is 25.2 Å². The Bertz CT molecular complexity index is 1250. The van der Waals surface area contributed by atoms with Crippen LogP contribution in [0.1, 0.15) is 17.3 Å². The van der Waals surface area contributed by atoms with Crippen molar-refractivity contribution >= 4 is 10.0 Å². The van der Waals surface area contributed by atoms with Crippen molar-refractivity contribution in [2.24, 2.45) is 0 Å². The maximum atomic E-state index is 13.8. The molecule has 8 nitrogen and oxygen atoms in total. The predicted molar refractivity (Wildman–Crippen MR) is 117 cm³/mol. The maximum Gasteiger partial charge on any atom is 0.244 e. The molecule has 0 spiro atoms. The van der Waals surface area contributed by atoms with E-state index in [1.165, 1.54) is 4.31 Å². The summed E-state index contributed by atoms with van der Waals surface area (Å²) in [5, 5.41) is 0. The molecule has 0 saturated heterocycles. The zero-order chi connectivity index (χ0) is 22.3. The van der Waals surface area contributed by atoms with E-state index >= 15 is 0 Å². The highest BCUT2D eigenvalue weighted by molar-refractivity contribution is 7.89. The van der Waals surface area contributed by atoms with Crippen molar-refractivity contribution in [3.63, 3.8) is 0 Å². The molecule has 5 rings (SSSR count). The zero-order valence-corrected chi connectivity index (χ0v) is 18.7. The standard InChI is InChI=1S/C23H24N2O6S/c1-28-19-7-5-16(14-21(19)29-2)23-18-4-3-9-24(18)10-11-25(23)32(26,27)17-6-8-20-22(15-17)31-13-12-30-20/h3-9,14-15,23H,10-13H2,1-2H3. The molecule has 168 valence electrons. The Balaban J connectivity index is 1.61. The fourth-order valence-electron chi connectivity index (χ4n) is 4.30. The van der Waals surface area contributed by atoms with Crippen LogP contribution in [0.25, 0.3) is 0 Å². The van der Waals surface area contributed by atoms with Gasteiger partial charge in [0, 0.05) is 31.0 Å². The SMILES string of the molecule is COc1ccc(C2c3cccn3CCN2S(=O)(=O)c2ccc3c(c2)OCCO3)cc1OC. The quantitative estimate of drug-likeness (QED) is 0.587. The number of fused-ring (bicyclic) bond motifs is 2. The minimum atomic E-state index is -3.84. The summed E-state index contributed by atoms with van der Waals surface area (Å²) >= 11 is 0. The number of methoxy groups -OCH3 is 2. The summed E-state index contributed by atoms with van der Waals surface area (Å²) in [5.41, 5.74) is 1.69. The molecule has 1 aromatic heterocycles. The number of benzene rings is 2. The number of nitrogens with zero attached hydrogens (tertiary/aromatic N) is 2. The fourth-order valence-corrected chi connectivity index (χ4v) is 5.90. The van der Waals surface area contributed by atoms with E-state index in [9.17, 15) is 8.42 Å². The van der Waals surface area contributed by atoms with Gasteiger partial charge in [0.1, 0.15) is 13.2 Å². The number of hydrogen-bond donors (Lipinski definition) is 0. The highest BCUT2D eigenvalue weighted by Crippen LogP contribution is 2.41. The number of aromatic nitrogens is 1. The Hall–Kier alpha value is -3.17. The summed E-state index contributed by atoms with van der Waals surface area (Å²) in [6.45, 7) is 1.74. The Morgan fingerprint density at radius 2 is 1.69 bits per heavy atom. The van der Waals surface area contributed by atoms with Crippen LogP contribution in [0, 0.1) is 0 Å². The third-order valence-electron chi connectivity index (χ3n) is 5.84. The van der Waals surface area contributed by atoms with Gasteiger partial charge in [-0.25, -0.2) is 8.42 Å². The van der Waals surface area contributed by atoms with E-state index in [1.54, 1.807) is 38.5 Å². The van der Waals surface area contributed by atoms with E-state index < -0.39 is 16.1 Å². The molecule has 0 aliphatic carbocycles. The topological polar surface area (TPSA) is 79.2 Å². The molecule has 3 aromatic rings. The molecular weight excluding hydrogens is 432 g/mol. The van der Waals surface area contributed by atoms with Crippen LogP contribution >= 0.6 is 0 Å². The van der Waals surface area contributed by atoms with Gasteiger partial charge in [0.2, 0.25) is 10.0 Å². The van der Waals surface area contributed by atoms with Crippen molar-refractivity contribution in [1.29, 1.82) is 0 Å². The summed E-state index contributed by atoms with van der Waals surface area (Å²) < 4.78 is 53.3. The van der Waals surface area contributed by atoms with E-state index in [-0.39, 0.29) is 4.90 Å². The van der Waals surface area contributed by atoms with Gasteiger partial charge in [-0.05, 0) is 42.0 Å². The lowest BCUT2D eigenvalue weighted by Gasteiger charge is -2.36. The first-order valence-electron chi connectivity index (χ1n) is 10.3. The van der Waals surface area contributed by atoms with E-state index in [4.69, 9.17) is 18.9 Å². The Morgan fingerprint density at radius 1 is 0.906 bits per heavy atom. The summed E-state index contributed by atoms with van der Waals surface area (Å²) in [4.78, 5) is 0.173. The average molecular weight is 457 g/mol. The molecule has 0 bridgehead atoms. The molecule has 32 heavy (non-hydrogen) atoms. The molecule has 1 unspecified atom stereocenters. The molecule has 0 fully saturated rings. The largest absolute Gasteiger partial charge is 0.493 e. The van der Waals surface area contributed by atoms with Crippen molar-refractivity contribution in [3.8, 4) is 23.0 Å². The predicted octanol–water partition coefficient (Wildman–Crippen LogP) is 3.07. The zero-order valence-electron chi connectivity index (χ0n) is 17.9. The van der Waals surface area contributed by atoms with E-state index in [2.05, 4.69) is 4.57 Å². The third kappa shape index (κ3) is 3.37. The first-order chi connectivity index (χ1) is 15.5. The van der Waals surface area contributed by atoms with Crippen LogP contribution in [0.3, 0.4) is 0 Å². The molecule has 2 aliphatic heterocycles. The minimum absolute atomic E-state index is 0.173. The van der Waals surface area contributed by atoms with Crippen LogP contribution in [0.5, 0.6) is 23.0 Å². The third-order valence-corrected chi connectivity index (χ3v) is 7.70. The number of hydrogen-bond acceptors (Lipinski definition) is 6. The van der Waals surface area contributed by atoms with Crippen molar-refractivity contribution in [1.82, 2.24) is 8.87 Å². The lowest BCUT2D eigenvalue weighted by molar-refractivity contribution is 0.171. The first kappa shape index (κ1) is 20.7. The van der Waals surface area contributed by atoms with Crippen molar-refractivity contribution in [2.75, 3.05) is 34.0 Å². The molecule has 9 heteroatoms. The lowest BCUT2D eigenvalue weighted by atomic mass is 10.0. The molecular formula is C23H24N2O6S. The first-order valence-corrected chi connectivity index (χ1v) is 11.8. The Labute approximate surface area is 186 Å². The van der Waals surface area contributed by atoms with Gasteiger partial charge in [-0.3, -0.25) is 0 Å². The molecule has 1 atom stereocenters. The van der Waals surface area contributed by atoms with Crippen molar-refractivity contribution in [3.05, 3.63) is 66.0 Å². The summed E-state index contributed by atoms with van der Waals surface area (Å²) in [6.07, 6.45) is 1.97. The molecule has 0 N–H and O–H groups in total. The summed E-state index contributed by atoms with van der Waals surface area (Å²) in [5.74, 6) is 2.13. The van der Waals surface area contributed by atoms with Gasteiger partial charge in [0.15, 0.2) is 23.0 Å². The Morgan fingerprint density at radius 3 is 2.47 bits per heavy atom. The van der Waals surface area contributed by atoms with Gasteiger partial charge >= 0.3 is 0 Å². The monoisotopic (exact) mass is 456 g/mol. The normalized spacial score (nSPS) is 18.1.